The minimum absolute atomic E-state index is 0.0319. The fourth-order valence-electron chi connectivity index (χ4n) is 9.91. The van der Waals surface area contributed by atoms with E-state index in [1.54, 1.807) is 0 Å². The van der Waals surface area contributed by atoms with Crippen LogP contribution in [-0.2, 0) is 24.7 Å². The molecule has 2 fully saturated rings. The van der Waals surface area contributed by atoms with Crippen molar-refractivity contribution in [3.05, 3.63) is 58.3 Å². The number of carbonyl (C=O) groups excluding carboxylic acids is 2. The average molecular weight is 712 g/mol. The Kier molecular flexibility index (Phi) is 9.89. The SMILES string of the molecule is CCCCCCNC(=O)NCCc1ccc2[nH]c3c(c2c1)C[C@@]1(O)[C@@H]2Cc4ccc(OC(=O)NCCCCCC)c5c4[C@@]1(CCN2CC1CC1)[C@H]3O5. The summed E-state index contributed by atoms with van der Waals surface area (Å²) in [6.07, 6.45) is 13.2. The lowest BCUT2D eigenvalue weighted by Crippen LogP contribution is -2.74. The van der Waals surface area contributed by atoms with Gasteiger partial charge in [0.05, 0.1) is 16.7 Å². The molecule has 2 aromatic carbocycles. The topological polar surface area (TPSA) is 128 Å². The van der Waals surface area contributed by atoms with E-state index < -0.39 is 23.2 Å². The molecule has 3 heterocycles. The number of fused-ring (bicyclic) bond motifs is 4. The molecule has 10 nitrogen and oxygen atoms in total. The van der Waals surface area contributed by atoms with Crippen LogP contribution in [0.2, 0.25) is 0 Å². The van der Waals surface area contributed by atoms with E-state index >= 15 is 0 Å². The Morgan fingerprint density at radius 2 is 1.75 bits per heavy atom. The number of rotatable bonds is 16. The van der Waals surface area contributed by atoms with Gasteiger partial charge in [-0.1, -0.05) is 64.5 Å². The maximum Gasteiger partial charge on any atom is 0.412 e. The number of aromatic nitrogens is 1. The molecular weight excluding hydrogens is 654 g/mol. The molecule has 0 unspecified atom stereocenters. The van der Waals surface area contributed by atoms with Crippen LogP contribution in [0.4, 0.5) is 9.59 Å². The van der Waals surface area contributed by atoms with Crippen LogP contribution in [-0.4, -0.2) is 71.5 Å². The number of amides is 3. The van der Waals surface area contributed by atoms with E-state index in [4.69, 9.17) is 9.47 Å². The van der Waals surface area contributed by atoms with E-state index in [1.807, 2.05) is 6.07 Å². The largest absolute Gasteiger partial charge is 0.479 e. The van der Waals surface area contributed by atoms with Crippen molar-refractivity contribution >= 4 is 23.0 Å². The molecule has 8 rings (SSSR count). The molecule has 1 spiro atoms. The number of hydrogen-bond donors (Lipinski definition) is 5. The van der Waals surface area contributed by atoms with Gasteiger partial charge >= 0.3 is 12.1 Å². The Labute approximate surface area is 307 Å². The number of likely N-dealkylation sites (tertiary alicyclic amines) is 1. The first-order chi connectivity index (χ1) is 25.4. The summed E-state index contributed by atoms with van der Waals surface area (Å²) in [5.74, 6) is 1.75. The number of ether oxygens (including phenoxy) is 2. The van der Waals surface area contributed by atoms with E-state index in [2.05, 4.69) is 63.9 Å². The van der Waals surface area contributed by atoms with E-state index in [1.165, 1.54) is 31.2 Å². The summed E-state index contributed by atoms with van der Waals surface area (Å²) in [7, 11) is 0. The van der Waals surface area contributed by atoms with Crippen LogP contribution in [0.3, 0.4) is 0 Å². The second-order valence-electron chi connectivity index (χ2n) is 16.2. The van der Waals surface area contributed by atoms with Gasteiger partial charge in [0.2, 0.25) is 0 Å². The van der Waals surface area contributed by atoms with Crippen molar-refractivity contribution in [1.29, 1.82) is 0 Å². The molecule has 52 heavy (non-hydrogen) atoms. The summed E-state index contributed by atoms with van der Waals surface area (Å²) in [4.78, 5) is 31.7. The predicted molar refractivity (Wildman–Crippen MR) is 202 cm³/mol. The molecule has 5 aliphatic rings. The predicted octanol–water partition coefficient (Wildman–Crippen LogP) is 6.96. The van der Waals surface area contributed by atoms with Gasteiger partial charge in [0, 0.05) is 55.1 Å². The summed E-state index contributed by atoms with van der Waals surface area (Å²) in [5, 5.41) is 23.4. The van der Waals surface area contributed by atoms with E-state index in [0.717, 1.165) is 97.7 Å². The fraction of sp³-hybridized carbons (Fsp3) is 0.619. The van der Waals surface area contributed by atoms with Crippen molar-refractivity contribution in [3.63, 3.8) is 0 Å². The number of aromatic amines is 1. The Morgan fingerprint density at radius 3 is 2.52 bits per heavy atom. The summed E-state index contributed by atoms with van der Waals surface area (Å²) >= 11 is 0. The van der Waals surface area contributed by atoms with Crippen LogP contribution in [0.1, 0.15) is 119 Å². The van der Waals surface area contributed by atoms with Gasteiger partial charge in [0.15, 0.2) is 17.6 Å². The number of H-pyrrole nitrogens is 1. The van der Waals surface area contributed by atoms with Crippen LogP contribution in [0.5, 0.6) is 11.5 Å². The first-order valence-corrected chi connectivity index (χ1v) is 20.3. The first kappa shape index (κ1) is 35.3. The van der Waals surface area contributed by atoms with E-state index in [9.17, 15) is 14.7 Å². The van der Waals surface area contributed by atoms with Crippen molar-refractivity contribution in [1.82, 2.24) is 25.8 Å². The summed E-state index contributed by atoms with van der Waals surface area (Å²) in [6.45, 7) is 8.12. The van der Waals surface area contributed by atoms with Crippen molar-refractivity contribution in [2.24, 2.45) is 5.92 Å². The number of benzene rings is 2. The highest BCUT2D eigenvalue weighted by atomic mass is 16.6. The van der Waals surface area contributed by atoms with Gasteiger partial charge in [-0.25, -0.2) is 9.59 Å². The zero-order valence-electron chi connectivity index (χ0n) is 31.1. The Morgan fingerprint density at radius 1 is 0.981 bits per heavy atom. The van der Waals surface area contributed by atoms with Crippen LogP contribution in [0.15, 0.2) is 30.3 Å². The number of carbonyl (C=O) groups is 2. The van der Waals surface area contributed by atoms with Gasteiger partial charge in [-0.15, -0.1) is 0 Å². The molecular formula is C42H57N5O5. The molecule has 3 aliphatic carbocycles. The summed E-state index contributed by atoms with van der Waals surface area (Å²) < 4.78 is 13.0. The summed E-state index contributed by atoms with van der Waals surface area (Å²) in [5.41, 5.74) is 4.81. The minimum atomic E-state index is -1.06. The molecule has 1 saturated carbocycles. The lowest BCUT2D eigenvalue weighted by Gasteiger charge is -2.62. The number of aliphatic hydroxyl groups is 1. The zero-order chi connectivity index (χ0) is 35.9. The number of nitrogens with zero attached hydrogens (tertiary/aromatic N) is 1. The second-order valence-corrected chi connectivity index (χ2v) is 16.2. The third-order valence-corrected chi connectivity index (χ3v) is 12.7. The highest BCUT2D eigenvalue weighted by Crippen LogP contribution is 2.69. The maximum atomic E-state index is 13.4. The Bertz CT molecular complexity index is 1800. The highest BCUT2D eigenvalue weighted by Gasteiger charge is 2.73. The van der Waals surface area contributed by atoms with Crippen LogP contribution >= 0.6 is 0 Å². The van der Waals surface area contributed by atoms with Gasteiger partial charge < -0.3 is 35.5 Å². The number of urea groups is 1. The zero-order valence-corrected chi connectivity index (χ0v) is 31.1. The Balaban J connectivity index is 1.07. The van der Waals surface area contributed by atoms with Gasteiger partial charge in [0.25, 0.3) is 0 Å². The quantitative estimate of drug-likeness (QED) is 0.102. The van der Waals surface area contributed by atoms with Crippen molar-refractivity contribution in [3.8, 4) is 11.5 Å². The van der Waals surface area contributed by atoms with Gasteiger partial charge in [-0.05, 0) is 92.3 Å². The normalized spacial score (nSPS) is 25.3. The second kappa shape index (κ2) is 14.6. The van der Waals surface area contributed by atoms with Gasteiger partial charge in [-0.2, -0.15) is 0 Å². The van der Waals surface area contributed by atoms with Crippen LogP contribution < -0.4 is 25.4 Å². The number of hydrogen-bond acceptors (Lipinski definition) is 6. The number of nitrogens with one attached hydrogen (secondary N) is 4. The molecule has 5 N–H and O–H groups in total. The molecule has 4 atom stereocenters. The molecule has 2 bridgehead atoms. The van der Waals surface area contributed by atoms with Crippen LogP contribution in [0.25, 0.3) is 10.9 Å². The third-order valence-electron chi connectivity index (χ3n) is 12.7. The molecule has 0 radical (unpaired) electrons. The molecule has 3 aromatic rings. The number of unbranched alkanes of at least 4 members (excludes halogenated alkanes) is 6. The third kappa shape index (κ3) is 6.23. The number of piperidine rings is 1. The highest BCUT2D eigenvalue weighted by molar-refractivity contribution is 5.87. The maximum absolute atomic E-state index is 13.4. The molecule has 3 amide bonds. The monoisotopic (exact) mass is 711 g/mol. The fourth-order valence-corrected chi connectivity index (χ4v) is 9.91. The van der Waals surface area contributed by atoms with Gasteiger partial charge in [-0.3, -0.25) is 4.90 Å². The molecule has 1 aromatic heterocycles. The average Bonchev–Trinajstić information content (AvgIpc) is 3.78. The molecule has 280 valence electrons. The smallest absolute Gasteiger partial charge is 0.412 e. The molecule has 10 heteroatoms. The van der Waals surface area contributed by atoms with E-state index in [0.29, 0.717) is 49.9 Å². The lowest BCUT2D eigenvalue weighted by atomic mass is 9.49. The first-order valence-electron chi connectivity index (χ1n) is 20.3. The standard InChI is InChI=1S/C42H57N5O5/c1-3-5-7-9-19-43-39(48)44-21-17-27-13-15-32-30(23-27)31-25-42(50)34-24-29-14-16-33(51-40(49)45-20-10-8-6-4-2)37-35(29)41(42,38(52-37)36(31)46-32)18-22-47(34)26-28-11-12-28/h13-16,23,28,34,38,46,50H,3-12,17-22,24-26H2,1-2H3,(H,45,49)(H2,43,44,48)/t34-,38-,41-,42+/m0/s1. The van der Waals surface area contributed by atoms with Crippen molar-refractivity contribution in [2.75, 3.05) is 32.7 Å². The van der Waals surface area contributed by atoms with Crippen LogP contribution in [0, 0.1) is 5.92 Å². The lowest BCUT2D eigenvalue weighted by molar-refractivity contribution is -0.173. The minimum Gasteiger partial charge on any atom is -0.479 e. The van der Waals surface area contributed by atoms with Crippen molar-refractivity contribution < 1.29 is 24.2 Å². The van der Waals surface area contributed by atoms with Gasteiger partial charge in [0.1, 0.15) is 0 Å². The summed E-state index contributed by atoms with van der Waals surface area (Å²) in [6, 6.07) is 10.3. The molecule has 1 saturated heterocycles. The molecule has 2 aliphatic heterocycles. The van der Waals surface area contributed by atoms with Crippen molar-refractivity contribution in [2.45, 2.75) is 127 Å². The Hall–Kier alpha value is -3.76. The van der Waals surface area contributed by atoms with E-state index in [-0.39, 0.29) is 12.1 Å².